The van der Waals surface area contributed by atoms with E-state index in [-0.39, 0.29) is 16.8 Å². The highest BCUT2D eigenvalue weighted by atomic mass is 79.9. The molecule has 1 aromatic heterocycles. The van der Waals surface area contributed by atoms with Crippen molar-refractivity contribution in [2.75, 3.05) is 0 Å². The van der Waals surface area contributed by atoms with Crippen molar-refractivity contribution in [1.29, 1.82) is 0 Å². The minimum atomic E-state index is -0.602. The van der Waals surface area contributed by atoms with Gasteiger partial charge in [0.15, 0.2) is 5.78 Å². The van der Waals surface area contributed by atoms with Gasteiger partial charge in [0.1, 0.15) is 0 Å². The average molecular weight is 323 g/mol. The summed E-state index contributed by atoms with van der Waals surface area (Å²) in [5.74, 6) is -0.181. The molecule has 1 aromatic carbocycles. The zero-order valence-electron chi connectivity index (χ0n) is 10.1. The number of aromatic nitrogens is 2. The Labute approximate surface area is 117 Å². The van der Waals surface area contributed by atoms with E-state index in [4.69, 9.17) is 0 Å². The van der Waals surface area contributed by atoms with Gasteiger partial charge in [-0.2, -0.15) is 0 Å². The Morgan fingerprint density at radius 3 is 2.68 bits per heavy atom. The number of hydrogen-bond donors (Lipinski definition) is 1. The Morgan fingerprint density at radius 2 is 2.00 bits per heavy atom. The molecular weight excluding hydrogens is 312 g/mol. The van der Waals surface area contributed by atoms with E-state index in [1.165, 1.54) is 10.8 Å². The summed E-state index contributed by atoms with van der Waals surface area (Å²) in [7, 11) is 0. The number of aromatic amines is 1. The second-order valence-electron chi connectivity index (χ2n) is 4.10. The Kier molecular flexibility index (Phi) is 3.80. The molecule has 0 radical (unpaired) electrons. The number of Topliss-reactive ketones (excluding diaryl/α,β-unsaturated/α-hetero) is 1. The third-order valence-electron chi connectivity index (χ3n) is 2.73. The number of carbonyl (C=O) groups excluding carboxylic acids is 1. The summed E-state index contributed by atoms with van der Waals surface area (Å²) in [5.41, 5.74) is 0.306. The maximum absolute atomic E-state index is 12.1. The fourth-order valence-electron chi connectivity index (χ4n) is 1.73. The van der Waals surface area contributed by atoms with Crippen molar-refractivity contribution in [3.63, 3.8) is 0 Å². The van der Waals surface area contributed by atoms with Gasteiger partial charge in [-0.3, -0.25) is 19.1 Å². The SMILES string of the molecule is Cc1ccccc1C(=O)Cn1cc(Br)c(=O)[nH]c1=O. The molecule has 0 atom stereocenters. The largest absolute Gasteiger partial charge is 0.328 e. The maximum atomic E-state index is 12.1. The van der Waals surface area contributed by atoms with Crippen LogP contribution in [0.4, 0.5) is 0 Å². The Balaban J connectivity index is 2.35. The van der Waals surface area contributed by atoms with Gasteiger partial charge in [-0.15, -0.1) is 0 Å². The van der Waals surface area contributed by atoms with E-state index in [1.54, 1.807) is 12.1 Å². The van der Waals surface area contributed by atoms with E-state index in [0.717, 1.165) is 5.56 Å². The molecule has 0 fully saturated rings. The number of ketones is 1. The molecule has 19 heavy (non-hydrogen) atoms. The number of benzene rings is 1. The van der Waals surface area contributed by atoms with Crippen molar-refractivity contribution >= 4 is 21.7 Å². The van der Waals surface area contributed by atoms with E-state index in [1.807, 2.05) is 19.1 Å². The van der Waals surface area contributed by atoms with Crippen LogP contribution in [0.15, 0.2) is 44.5 Å². The molecular formula is C13H11BrN2O3. The monoisotopic (exact) mass is 322 g/mol. The lowest BCUT2D eigenvalue weighted by atomic mass is 10.1. The van der Waals surface area contributed by atoms with Crippen LogP contribution in [-0.2, 0) is 6.54 Å². The number of H-pyrrole nitrogens is 1. The highest BCUT2D eigenvalue weighted by Crippen LogP contribution is 2.09. The molecule has 0 aliphatic rings. The number of hydrogen-bond acceptors (Lipinski definition) is 3. The lowest BCUT2D eigenvalue weighted by Crippen LogP contribution is -2.32. The van der Waals surface area contributed by atoms with Crippen molar-refractivity contribution in [1.82, 2.24) is 9.55 Å². The second kappa shape index (κ2) is 5.36. The first-order chi connectivity index (χ1) is 8.99. The average Bonchev–Trinajstić information content (AvgIpc) is 2.36. The van der Waals surface area contributed by atoms with Gasteiger partial charge in [-0.05, 0) is 28.4 Å². The minimum Gasteiger partial charge on any atom is -0.292 e. The first-order valence-electron chi connectivity index (χ1n) is 5.57. The van der Waals surface area contributed by atoms with Crippen LogP contribution in [0, 0.1) is 6.92 Å². The molecule has 0 saturated carbocycles. The van der Waals surface area contributed by atoms with E-state index in [0.29, 0.717) is 5.56 Å². The third-order valence-corrected chi connectivity index (χ3v) is 3.29. The van der Waals surface area contributed by atoms with E-state index in [9.17, 15) is 14.4 Å². The normalized spacial score (nSPS) is 10.4. The smallest absolute Gasteiger partial charge is 0.292 e. The Morgan fingerprint density at radius 1 is 1.32 bits per heavy atom. The van der Waals surface area contributed by atoms with Gasteiger partial charge in [0.05, 0.1) is 11.0 Å². The Hall–Kier alpha value is -1.95. The van der Waals surface area contributed by atoms with Crippen LogP contribution in [0.25, 0.3) is 0 Å². The summed E-state index contributed by atoms with van der Waals surface area (Å²) in [4.78, 5) is 37.0. The van der Waals surface area contributed by atoms with Crippen molar-refractivity contribution in [3.8, 4) is 0 Å². The predicted octanol–water partition coefficient (Wildman–Crippen LogP) is 1.49. The van der Waals surface area contributed by atoms with Gasteiger partial charge >= 0.3 is 5.69 Å². The van der Waals surface area contributed by atoms with Gasteiger partial charge in [-0.1, -0.05) is 24.3 Å². The van der Waals surface area contributed by atoms with E-state index in [2.05, 4.69) is 20.9 Å². The second-order valence-corrected chi connectivity index (χ2v) is 4.96. The van der Waals surface area contributed by atoms with Crippen molar-refractivity contribution in [3.05, 3.63) is 66.9 Å². The number of rotatable bonds is 3. The highest BCUT2D eigenvalue weighted by Gasteiger charge is 2.11. The zero-order chi connectivity index (χ0) is 14.0. The topological polar surface area (TPSA) is 71.9 Å². The predicted molar refractivity (Wildman–Crippen MR) is 74.5 cm³/mol. The fourth-order valence-corrected chi connectivity index (χ4v) is 2.07. The van der Waals surface area contributed by atoms with Crippen molar-refractivity contribution in [2.45, 2.75) is 13.5 Å². The minimum absolute atomic E-state index is 0.112. The molecule has 0 saturated heterocycles. The van der Waals surface area contributed by atoms with Crippen LogP contribution in [0.3, 0.4) is 0 Å². The molecule has 0 bridgehead atoms. The molecule has 98 valence electrons. The number of nitrogens with zero attached hydrogens (tertiary/aromatic N) is 1. The first-order valence-corrected chi connectivity index (χ1v) is 6.36. The van der Waals surface area contributed by atoms with Gasteiger partial charge in [0.25, 0.3) is 5.56 Å². The summed E-state index contributed by atoms with van der Waals surface area (Å²) >= 11 is 3.03. The van der Waals surface area contributed by atoms with Crippen LogP contribution < -0.4 is 11.2 Å². The van der Waals surface area contributed by atoms with Crippen LogP contribution in [0.5, 0.6) is 0 Å². The molecule has 2 rings (SSSR count). The lowest BCUT2D eigenvalue weighted by Gasteiger charge is -2.07. The summed E-state index contributed by atoms with van der Waals surface area (Å²) in [6.45, 7) is 1.72. The summed E-state index contributed by atoms with van der Waals surface area (Å²) < 4.78 is 1.38. The summed E-state index contributed by atoms with van der Waals surface area (Å²) in [6.07, 6.45) is 1.32. The van der Waals surface area contributed by atoms with Gasteiger partial charge in [-0.25, -0.2) is 4.79 Å². The van der Waals surface area contributed by atoms with Crippen LogP contribution >= 0.6 is 15.9 Å². The van der Waals surface area contributed by atoms with Crippen molar-refractivity contribution in [2.24, 2.45) is 0 Å². The molecule has 0 aliphatic carbocycles. The van der Waals surface area contributed by atoms with Crippen LogP contribution in [-0.4, -0.2) is 15.3 Å². The van der Waals surface area contributed by atoms with Crippen LogP contribution in [0.1, 0.15) is 15.9 Å². The maximum Gasteiger partial charge on any atom is 0.328 e. The molecule has 0 unspecified atom stereocenters. The molecule has 1 heterocycles. The van der Waals surface area contributed by atoms with Gasteiger partial charge in [0, 0.05) is 11.8 Å². The first kappa shape index (κ1) is 13.5. The number of halogens is 1. The molecule has 6 heteroatoms. The fraction of sp³-hybridized carbons (Fsp3) is 0.154. The molecule has 0 spiro atoms. The molecule has 5 nitrogen and oxygen atoms in total. The summed E-state index contributed by atoms with van der Waals surface area (Å²) in [5, 5.41) is 0. The molecule has 0 amide bonds. The highest BCUT2D eigenvalue weighted by molar-refractivity contribution is 9.10. The van der Waals surface area contributed by atoms with Gasteiger partial charge < -0.3 is 0 Å². The lowest BCUT2D eigenvalue weighted by molar-refractivity contribution is 0.0969. The quantitative estimate of drug-likeness (QED) is 0.870. The molecule has 1 N–H and O–H groups in total. The molecule has 2 aromatic rings. The number of nitrogens with one attached hydrogen (secondary N) is 1. The number of aryl methyl sites for hydroxylation is 1. The Bertz CT molecular complexity index is 746. The molecule has 0 aliphatic heterocycles. The van der Waals surface area contributed by atoms with Crippen LogP contribution in [0.2, 0.25) is 0 Å². The van der Waals surface area contributed by atoms with E-state index >= 15 is 0 Å². The summed E-state index contributed by atoms with van der Waals surface area (Å²) in [6, 6.07) is 7.16. The number of carbonyl (C=O) groups is 1. The van der Waals surface area contributed by atoms with Crippen molar-refractivity contribution < 1.29 is 4.79 Å². The standard InChI is InChI=1S/C13H11BrN2O3/c1-8-4-2-3-5-9(8)11(17)7-16-6-10(14)12(18)15-13(16)19/h2-6H,7H2,1H3,(H,15,18,19). The van der Waals surface area contributed by atoms with Gasteiger partial charge in [0.2, 0.25) is 0 Å². The van der Waals surface area contributed by atoms with E-state index < -0.39 is 11.2 Å². The third kappa shape index (κ3) is 2.90. The zero-order valence-corrected chi connectivity index (χ0v) is 11.7.